The van der Waals surface area contributed by atoms with Gasteiger partial charge in [0.25, 0.3) is 5.92 Å². The number of piperazine rings is 1. The topological polar surface area (TPSA) is 19.0 Å². The second kappa shape index (κ2) is 8.06. The summed E-state index contributed by atoms with van der Waals surface area (Å²) in [5, 5.41) is 0. The first kappa shape index (κ1) is 24.3. The Morgan fingerprint density at radius 2 is 1.40 bits per heavy atom. The summed E-state index contributed by atoms with van der Waals surface area (Å²) in [7, 11) is 0. The number of nitrogens with zero attached hydrogens (tertiary/aromatic N) is 2. The number of aryl methyl sites for hydroxylation is 1. The molecule has 0 radical (unpaired) electrons. The fourth-order valence-electron chi connectivity index (χ4n) is 5.08. The second-order valence-electron chi connectivity index (χ2n) is 9.31. The number of ether oxygens (including phenoxy) is 1. The molecule has 0 aromatic heterocycles. The zero-order valence-corrected chi connectivity index (χ0v) is 18.5. The van der Waals surface area contributed by atoms with Crippen molar-refractivity contribution in [3.63, 3.8) is 0 Å². The molecule has 5 rings (SSSR count). The third-order valence-corrected chi connectivity index (χ3v) is 7.11. The van der Waals surface area contributed by atoms with Gasteiger partial charge >= 0.3 is 12.4 Å². The summed E-state index contributed by atoms with van der Waals surface area (Å²) in [6, 6.07) is 7.40. The molecule has 0 spiro atoms. The smallest absolute Gasteiger partial charge is 0.369 e. The van der Waals surface area contributed by atoms with Crippen molar-refractivity contribution in [1.82, 2.24) is 4.90 Å². The fourth-order valence-corrected chi connectivity index (χ4v) is 5.08. The molecule has 1 aliphatic carbocycles. The van der Waals surface area contributed by atoms with E-state index in [0.717, 1.165) is 36.4 Å². The molecule has 0 amide bonds. The Morgan fingerprint density at radius 1 is 0.829 bits per heavy atom. The lowest BCUT2D eigenvalue weighted by atomic mass is 10.0. The van der Waals surface area contributed by atoms with Crippen LogP contribution in [0.4, 0.5) is 40.8 Å². The van der Waals surface area contributed by atoms with Crippen molar-refractivity contribution < 1.29 is 39.9 Å². The SMILES string of the molecule is Cc1ccc(C(F)(F)F)cc1N1CCN(C2O[C@@H]2C2C(c3ccc(C(F)(F)F)cc3)C2(F)F)CC1. The fraction of sp³-hybridized carbons (Fsp3) is 0.500. The van der Waals surface area contributed by atoms with Crippen LogP contribution in [0.5, 0.6) is 0 Å². The van der Waals surface area contributed by atoms with E-state index in [1.165, 1.54) is 6.07 Å². The largest absolute Gasteiger partial charge is 0.416 e. The van der Waals surface area contributed by atoms with Crippen molar-refractivity contribution >= 4 is 5.69 Å². The summed E-state index contributed by atoms with van der Waals surface area (Å²) in [5.74, 6) is -5.39. The summed E-state index contributed by atoms with van der Waals surface area (Å²) in [6.07, 6.45) is -10.3. The van der Waals surface area contributed by atoms with Crippen LogP contribution < -0.4 is 4.90 Å². The Hall–Kier alpha value is -2.40. The molecular formula is C24H22F8N2O. The maximum atomic E-state index is 14.6. The molecule has 3 nitrogen and oxygen atoms in total. The number of benzene rings is 2. The lowest BCUT2D eigenvalue weighted by Crippen LogP contribution is -2.48. The van der Waals surface area contributed by atoms with Crippen molar-refractivity contribution in [3.8, 4) is 0 Å². The molecule has 11 heteroatoms. The zero-order valence-electron chi connectivity index (χ0n) is 18.5. The predicted molar refractivity (Wildman–Crippen MR) is 111 cm³/mol. The number of epoxide rings is 1. The Kier molecular flexibility index (Phi) is 5.59. The van der Waals surface area contributed by atoms with E-state index in [1.54, 1.807) is 6.92 Å². The minimum Gasteiger partial charge on any atom is -0.369 e. The summed E-state index contributed by atoms with van der Waals surface area (Å²) >= 11 is 0. The highest BCUT2D eigenvalue weighted by atomic mass is 19.4. The van der Waals surface area contributed by atoms with Crippen LogP contribution in [0.25, 0.3) is 0 Å². The maximum absolute atomic E-state index is 14.6. The first-order valence-electron chi connectivity index (χ1n) is 11.2. The molecule has 2 aromatic carbocycles. The monoisotopic (exact) mass is 506 g/mol. The Balaban J connectivity index is 1.20. The van der Waals surface area contributed by atoms with Crippen molar-refractivity contribution in [2.24, 2.45) is 5.92 Å². The molecule has 4 atom stereocenters. The summed E-state index contributed by atoms with van der Waals surface area (Å²) in [6.45, 7) is 3.43. The number of hydrogen-bond acceptors (Lipinski definition) is 3. The van der Waals surface area contributed by atoms with E-state index in [1.807, 2.05) is 9.80 Å². The van der Waals surface area contributed by atoms with E-state index in [4.69, 9.17) is 4.74 Å². The predicted octanol–water partition coefficient (Wildman–Crippen LogP) is 5.93. The number of alkyl halides is 8. The lowest BCUT2D eigenvalue weighted by molar-refractivity contribution is -0.138. The van der Waals surface area contributed by atoms with Gasteiger partial charge in [0.2, 0.25) is 0 Å². The van der Waals surface area contributed by atoms with Crippen LogP contribution in [0.15, 0.2) is 42.5 Å². The van der Waals surface area contributed by atoms with Crippen LogP contribution in [0, 0.1) is 12.8 Å². The highest BCUT2D eigenvalue weighted by Gasteiger charge is 2.76. The first-order chi connectivity index (χ1) is 16.3. The third-order valence-electron chi connectivity index (χ3n) is 7.11. The normalized spacial score (nSPS) is 28.8. The number of hydrogen-bond donors (Lipinski definition) is 0. The third kappa shape index (κ3) is 4.48. The van der Waals surface area contributed by atoms with Gasteiger partial charge in [-0.3, -0.25) is 4.90 Å². The van der Waals surface area contributed by atoms with E-state index in [2.05, 4.69) is 0 Å². The van der Waals surface area contributed by atoms with Gasteiger partial charge < -0.3 is 9.64 Å². The number of anilines is 1. The van der Waals surface area contributed by atoms with Crippen LogP contribution in [0.3, 0.4) is 0 Å². The highest BCUT2D eigenvalue weighted by molar-refractivity contribution is 5.56. The Labute approximate surface area is 196 Å². The molecule has 3 aliphatic rings. The lowest BCUT2D eigenvalue weighted by Gasteiger charge is -2.36. The molecule has 2 heterocycles. The Morgan fingerprint density at radius 3 is 1.97 bits per heavy atom. The van der Waals surface area contributed by atoms with Gasteiger partial charge in [-0.2, -0.15) is 26.3 Å². The van der Waals surface area contributed by atoms with Crippen molar-refractivity contribution in [2.45, 2.75) is 43.4 Å². The molecule has 190 valence electrons. The minimum atomic E-state index is -4.54. The van der Waals surface area contributed by atoms with Crippen LogP contribution in [0.1, 0.15) is 28.2 Å². The van der Waals surface area contributed by atoms with Crippen molar-refractivity contribution in [3.05, 3.63) is 64.7 Å². The van der Waals surface area contributed by atoms with E-state index < -0.39 is 53.6 Å². The molecule has 3 unspecified atom stereocenters. The van der Waals surface area contributed by atoms with Crippen LogP contribution >= 0.6 is 0 Å². The van der Waals surface area contributed by atoms with Gasteiger partial charge in [0.05, 0.1) is 23.0 Å². The van der Waals surface area contributed by atoms with Crippen molar-refractivity contribution in [2.75, 3.05) is 31.1 Å². The van der Waals surface area contributed by atoms with Gasteiger partial charge in [0.15, 0.2) is 0 Å². The van der Waals surface area contributed by atoms with Crippen LogP contribution in [0.2, 0.25) is 0 Å². The summed E-state index contributed by atoms with van der Waals surface area (Å²) in [4.78, 5) is 3.73. The van der Waals surface area contributed by atoms with Gasteiger partial charge in [0, 0.05) is 31.9 Å². The molecular weight excluding hydrogens is 484 g/mol. The summed E-state index contributed by atoms with van der Waals surface area (Å²) < 4.78 is 112. The van der Waals surface area contributed by atoms with Crippen LogP contribution in [-0.4, -0.2) is 49.3 Å². The average Bonchev–Trinajstić information content (AvgIpc) is 3.67. The molecule has 35 heavy (non-hydrogen) atoms. The molecule has 0 N–H and O–H groups in total. The number of halogens is 8. The maximum Gasteiger partial charge on any atom is 0.416 e. The zero-order chi connectivity index (χ0) is 25.3. The van der Waals surface area contributed by atoms with Gasteiger partial charge in [-0.1, -0.05) is 18.2 Å². The molecule has 3 fully saturated rings. The molecule has 0 bridgehead atoms. The van der Waals surface area contributed by atoms with Gasteiger partial charge in [-0.15, -0.1) is 0 Å². The van der Waals surface area contributed by atoms with Crippen molar-refractivity contribution in [1.29, 1.82) is 0 Å². The molecule has 2 aliphatic heterocycles. The number of rotatable bonds is 4. The van der Waals surface area contributed by atoms with E-state index in [9.17, 15) is 35.1 Å². The highest BCUT2D eigenvalue weighted by Crippen LogP contribution is 2.67. The van der Waals surface area contributed by atoms with Crippen LogP contribution in [-0.2, 0) is 17.1 Å². The van der Waals surface area contributed by atoms with Gasteiger partial charge in [0.1, 0.15) is 12.3 Å². The van der Waals surface area contributed by atoms with E-state index in [0.29, 0.717) is 37.4 Å². The average molecular weight is 506 g/mol. The minimum absolute atomic E-state index is 0.145. The summed E-state index contributed by atoms with van der Waals surface area (Å²) in [5.41, 5.74) is -0.271. The first-order valence-corrected chi connectivity index (χ1v) is 11.2. The second-order valence-corrected chi connectivity index (χ2v) is 9.31. The Bertz CT molecular complexity index is 1090. The van der Waals surface area contributed by atoms with E-state index in [-0.39, 0.29) is 5.56 Å². The quantitative estimate of drug-likeness (QED) is 0.379. The van der Waals surface area contributed by atoms with Gasteiger partial charge in [-0.25, -0.2) is 8.78 Å². The molecule has 2 saturated heterocycles. The molecule has 1 saturated carbocycles. The molecule has 2 aromatic rings. The standard InChI is InChI=1S/C24H22F8N2O/c1-13-2-5-16(24(30,31)32)12-17(13)33-8-10-34(11-9-33)21-20(35-21)19-18(22(19,25)26)14-3-6-15(7-4-14)23(27,28)29/h2-7,12,18-21H,8-11H2,1H3/t18?,19?,20-,21?/m1/s1. The van der Waals surface area contributed by atoms with E-state index >= 15 is 0 Å². The van der Waals surface area contributed by atoms with Gasteiger partial charge in [-0.05, 0) is 42.3 Å².